The molecule has 3 aromatic rings. The molecule has 0 aromatic carbocycles. The van der Waals surface area contributed by atoms with Gasteiger partial charge in [-0.2, -0.15) is 5.10 Å². The third kappa shape index (κ3) is 2.17. The van der Waals surface area contributed by atoms with Gasteiger partial charge in [0.1, 0.15) is 12.0 Å². The molecule has 0 radical (unpaired) electrons. The summed E-state index contributed by atoms with van der Waals surface area (Å²) in [6.45, 7) is 2.35. The van der Waals surface area contributed by atoms with Crippen LogP contribution >= 0.6 is 0 Å². The molecule has 0 saturated heterocycles. The molecule has 1 amide bonds. The molecule has 1 unspecified atom stereocenters. The predicted molar refractivity (Wildman–Crippen MR) is 88.8 cm³/mol. The summed E-state index contributed by atoms with van der Waals surface area (Å²) >= 11 is 0. The van der Waals surface area contributed by atoms with Crippen molar-refractivity contribution in [2.45, 2.75) is 31.7 Å². The molecule has 1 aliphatic heterocycles. The van der Waals surface area contributed by atoms with E-state index in [1.165, 1.54) is 4.90 Å². The van der Waals surface area contributed by atoms with Crippen LogP contribution in [0.4, 0.5) is 8.78 Å². The summed E-state index contributed by atoms with van der Waals surface area (Å²) in [7, 11) is 0. The number of alkyl halides is 2. The highest BCUT2D eigenvalue weighted by Crippen LogP contribution is 2.51. The van der Waals surface area contributed by atoms with Crippen molar-refractivity contribution in [3.8, 4) is 0 Å². The number of aryl methyl sites for hydroxylation is 1. The summed E-state index contributed by atoms with van der Waals surface area (Å²) in [5.74, 6) is -4.62. The molecule has 0 bridgehead atoms. The van der Waals surface area contributed by atoms with Gasteiger partial charge in [0.15, 0.2) is 0 Å². The number of nitrogens with one attached hydrogen (secondary N) is 1. The van der Waals surface area contributed by atoms with Crippen molar-refractivity contribution in [2.24, 2.45) is 5.92 Å². The van der Waals surface area contributed by atoms with Crippen LogP contribution in [0.1, 0.15) is 35.1 Å². The van der Waals surface area contributed by atoms with Crippen molar-refractivity contribution in [3.05, 3.63) is 53.4 Å². The van der Waals surface area contributed by atoms with Gasteiger partial charge in [-0.15, -0.1) is 0 Å². The summed E-state index contributed by atoms with van der Waals surface area (Å²) in [5.41, 5.74) is 4.24. The molecule has 4 heterocycles. The van der Waals surface area contributed by atoms with Crippen LogP contribution in [0.5, 0.6) is 0 Å². The van der Waals surface area contributed by atoms with Gasteiger partial charge in [-0.25, -0.2) is 18.3 Å². The number of aromatic amines is 1. The summed E-state index contributed by atoms with van der Waals surface area (Å²) in [6, 6.07) is 5.24. The van der Waals surface area contributed by atoms with Crippen molar-refractivity contribution in [1.29, 1.82) is 0 Å². The van der Waals surface area contributed by atoms with Crippen LogP contribution in [0.3, 0.4) is 0 Å². The van der Waals surface area contributed by atoms with E-state index in [9.17, 15) is 13.6 Å². The summed E-state index contributed by atoms with van der Waals surface area (Å²) in [6.07, 6.45) is 3.62. The van der Waals surface area contributed by atoms with E-state index in [0.717, 1.165) is 16.8 Å². The van der Waals surface area contributed by atoms with Gasteiger partial charge in [0.05, 0.1) is 23.2 Å². The van der Waals surface area contributed by atoms with Crippen LogP contribution in [0.25, 0.3) is 5.52 Å². The van der Waals surface area contributed by atoms with E-state index in [1.807, 2.05) is 31.3 Å². The Morgan fingerprint density at radius 1 is 1.42 bits per heavy atom. The molecule has 26 heavy (non-hydrogen) atoms. The minimum Gasteiger partial charge on any atom is -0.348 e. The Bertz CT molecular complexity index is 1020. The van der Waals surface area contributed by atoms with Gasteiger partial charge in [-0.1, -0.05) is 6.07 Å². The maximum absolute atomic E-state index is 13.5. The number of amides is 1. The number of aromatic nitrogens is 4. The van der Waals surface area contributed by atoms with Gasteiger partial charge in [0, 0.05) is 31.3 Å². The number of imidazole rings is 1. The van der Waals surface area contributed by atoms with Gasteiger partial charge in [-0.3, -0.25) is 4.79 Å². The molecule has 134 valence electrons. The van der Waals surface area contributed by atoms with Crippen LogP contribution in [0.15, 0.2) is 30.7 Å². The predicted octanol–water partition coefficient (Wildman–Crippen LogP) is 2.50. The lowest BCUT2D eigenvalue weighted by molar-refractivity contribution is -0.137. The van der Waals surface area contributed by atoms with E-state index in [0.29, 0.717) is 24.4 Å². The fraction of sp³-hybridized carbons (Fsp3) is 0.389. The SMILES string of the molecule is Cc1cccn2nc(C3c4nc[nH]c4CCN3C(=O)[C@@H]3CC3(F)F)cc12. The topological polar surface area (TPSA) is 66.3 Å². The van der Waals surface area contributed by atoms with E-state index in [4.69, 9.17) is 0 Å². The average Bonchev–Trinajstić information content (AvgIpc) is 2.99. The molecule has 1 fully saturated rings. The number of H-pyrrole nitrogens is 1. The third-order valence-electron chi connectivity index (χ3n) is 5.34. The molecule has 0 spiro atoms. The Labute approximate surface area is 147 Å². The Morgan fingerprint density at radius 2 is 2.23 bits per heavy atom. The van der Waals surface area contributed by atoms with Gasteiger partial charge in [0.25, 0.3) is 5.92 Å². The lowest BCUT2D eigenvalue weighted by atomic mass is 9.99. The molecule has 1 N–H and O–H groups in total. The van der Waals surface area contributed by atoms with E-state index in [2.05, 4.69) is 15.1 Å². The van der Waals surface area contributed by atoms with Crippen LogP contribution in [-0.2, 0) is 11.2 Å². The number of hydrogen-bond acceptors (Lipinski definition) is 3. The quantitative estimate of drug-likeness (QED) is 0.766. The van der Waals surface area contributed by atoms with Gasteiger partial charge < -0.3 is 9.88 Å². The molecule has 2 aliphatic rings. The first kappa shape index (κ1) is 15.5. The Hall–Kier alpha value is -2.77. The second-order valence-electron chi connectivity index (χ2n) is 7.06. The highest BCUT2D eigenvalue weighted by Gasteiger charge is 2.63. The lowest BCUT2D eigenvalue weighted by Gasteiger charge is -2.34. The van der Waals surface area contributed by atoms with Gasteiger partial charge in [-0.05, 0) is 24.6 Å². The molecular formula is C18H17F2N5O. The van der Waals surface area contributed by atoms with E-state index < -0.39 is 23.8 Å². The Kier molecular flexibility index (Phi) is 3.05. The van der Waals surface area contributed by atoms with Crippen LogP contribution < -0.4 is 0 Å². The van der Waals surface area contributed by atoms with E-state index >= 15 is 0 Å². The number of carbonyl (C=O) groups is 1. The summed E-state index contributed by atoms with van der Waals surface area (Å²) < 4.78 is 28.7. The molecule has 1 saturated carbocycles. The maximum atomic E-state index is 13.5. The van der Waals surface area contributed by atoms with Crippen LogP contribution in [-0.4, -0.2) is 42.9 Å². The second kappa shape index (κ2) is 5.12. The molecule has 3 aromatic heterocycles. The highest BCUT2D eigenvalue weighted by molar-refractivity contribution is 5.84. The summed E-state index contributed by atoms with van der Waals surface area (Å²) in [4.78, 5) is 21.7. The van der Waals surface area contributed by atoms with Gasteiger partial charge >= 0.3 is 0 Å². The zero-order valence-corrected chi connectivity index (χ0v) is 14.1. The first-order chi connectivity index (χ1) is 12.5. The minimum absolute atomic E-state index is 0.368. The lowest BCUT2D eigenvalue weighted by Crippen LogP contribution is -2.42. The van der Waals surface area contributed by atoms with Crippen molar-refractivity contribution in [2.75, 3.05) is 6.54 Å². The first-order valence-corrected chi connectivity index (χ1v) is 8.61. The zero-order chi connectivity index (χ0) is 18.1. The van der Waals surface area contributed by atoms with Crippen LogP contribution in [0.2, 0.25) is 0 Å². The molecule has 5 rings (SSSR count). The Morgan fingerprint density at radius 3 is 2.96 bits per heavy atom. The highest BCUT2D eigenvalue weighted by atomic mass is 19.3. The third-order valence-corrected chi connectivity index (χ3v) is 5.34. The molecule has 1 aliphatic carbocycles. The minimum atomic E-state index is -2.89. The zero-order valence-electron chi connectivity index (χ0n) is 14.1. The molecule has 2 atom stereocenters. The molecule has 6 nitrogen and oxygen atoms in total. The summed E-state index contributed by atoms with van der Waals surface area (Å²) in [5, 5.41) is 4.61. The smallest absolute Gasteiger partial charge is 0.260 e. The van der Waals surface area contributed by atoms with Gasteiger partial charge in [0.2, 0.25) is 5.91 Å². The number of halogens is 2. The number of rotatable bonds is 2. The Balaban J connectivity index is 1.61. The van der Waals surface area contributed by atoms with Crippen molar-refractivity contribution in [3.63, 3.8) is 0 Å². The average molecular weight is 357 g/mol. The van der Waals surface area contributed by atoms with Crippen LogP contribution in [0, 0.1) is 12.8 Å². The molecule has 8 heteroatoms. The van der Waals surface area contributed by atoms with Crippen molar-refractivity contribution < 1.29 is 13.6 Å². The number of fused-ring (bicyclic) bond motifs is 2. The fourth-order valence-electron chi connectivity index (χ4n) is 3.80. The van der Waals surface area contributed by atoms with Crippen molar-refractivity contribution in [1.82, 2.24) is 24.5 Å². The largest absolute Gasteiger partial charge is 0.348 e. The monoisotopic (exact) mass is 357 g/mol. The van der Waals surface area contributed by atoms with Crippen molar-refractivity contribution >= 4 is 11.4 Å². The maximum Gasteiger partial charge on any atom is 0.260 e. The number of carbonyl (C=O) groups excluding carboxylic acids is 1. The number of hydrogen-bond donors (Lipinski definition) is 1. The van der Waals surface area contributed by atoms with E-state index in [-0.39, 0.29) is 6.42 Å². The van der Waals surface area contributed by atoms with E-state index in [1.54, 1.807) is 10.8 Å². The number of nitrogens with zero attached hydrogens (tertiary/aromatic N) is 4. The normalized spacial score (nSPS) is 23.9. The first-order valence-electron chi connectivity index (χ1n) is 8.61. The fourth-order valence-corrected chi connectivity index (χ4v) is 3.80. The second-order valence-corrected chi connectivity index (χ2v) is 7.06. The molecular weight excluding hydrogens is 340 g/mol. The standard InChI is InChI=1S/C18H17F2N5O/c1-10-3-2-5-25-14(10)7-13(23-25)16-15-12(21-9-22-15)4-6-24(16)17(26)11-8-18(11,19)20/h2-3,5,7,9,11,16H,4,6,8H2,1H3,(H,21,22)/t11-,16?/m0/s1. The number of pyridine rings is 1.